The molecule has 2 aliphatic rings. The molecule has 13 heteroatoms. The summed E-state index contributed by atoms with van der Waals surface area (Å²) in [6, 6.07) is 4.88. The minimum Gasteiger partial charge on any atom is -0.461 e. The first-order valence-electron chi connectivity index (χ1n) is 18.9. The second-order valence-corrected chi connectivity index (χ2v) is 16.1. The fraction of sp³-hybridized carbons (Fsp3) is 0.732. The number of hydrogen-bond acceptors (Lipinski definition) is 12. The fourth-order valence-electron chi connectivity index (χ4n) is 8.28. The summed E-state index contributed by atoms with van der Waals surface area (Å²) in [5.41, 5.74) is -2.93. The molecular weight excluding hydrogens is 701 g/mol. The molecule has 2 heterocycles. The van der Waals surface area contributed by atoms with Gasteiger partial charge in [-0.25, -0.2) is 4.39 Å². The molecule has 3 N–H and O–H groups in total. The van der Waals surface area contributed by atoms with Crippen molar-refractivity contribution >= 4 is 17.7 Å². The van der Waals surface area contributed by atoms with Crippen LogP contribution in [0.1, 0.15) is 87.1 Å². The van der Waals surface area contributed by atoms with Gasteiger partial charge < -0.3 is 39.0 Å². The summed E-state index contributed by atoms with van der Waals surface area (Å²) in [6.07, 6.45) is -0.965. The van der Waals surface area contributed by atoms with Crippen LogP contribution in [0.4, 0.5) is 4.39 Å². The summed E-state index contributed by atoms with van der Waals surface area (Å²) < 4.78 is 45.2. The zero-order chi connectivity index (χ0) is 40.9. The maximum Gasteiger partial charge on any atom is 0.312 e. The molecule has 0 radical (unpaired) electrons. The monoisotopic (exact) mass is 763 g/mol. The molecular formula is C41H62FNO11. The van der Waals surface area contributed by atoms with E-state index in [1.165, 1.54) is 52.1 Å². The second-order valence-electron chi connectivity index (χ2n) is 16.1. The number of terminal acetylenes is 1. The van der Waals surface area contributed by atoms with Crippen LogP contribution in [0.2, 0.25) is 0 Å². The molecule has 0 amide bonds. The van der Waals surface area contributed by atoms with Gasteiger partial charge in [0.2, 0.25) is 0 Å². The number of rotatable bonds is 9. The van der Waals surface area contributed by atoms with Crippen molar-refractivity contribution in [3.8, 4) is 12.3 Å². The highest BCUT2D eigenvalue weighted by Crippen LogP contribution is 2.42. The van der Waals surface area contributed by atoms with E-state index in [0.717, 1.165) is 0 Å². The van der Waals surface area contributed by atoms with Gasteiger partial charge in [0.05, 0.1) is 42.8 Å². The molecule has 0 aromatic heterocycles. The van der Waals surface area contributed by atoms with Gasteiger partial charge in [0.25, 0.3) is 0 Å². The van der Waals surface area contributed by atoms with Gasteiger partial charge in [0, 0.05) is 30.9 Å². The Morgan fingerprint density at radius 3 is 2.22 bits per heavy atom. The zero-order valence-electron chi connectivity index (χ0n) is 33.7. The number of aliphatic hydroxyl groups excluding tert-OH is 2. The molecule has 0 bridgehead atoms. The first-order chi connectivity index (χ1) is 25.1. The smallest absolute Gasteiger partial charge is 0.312 e. The lowest BCUT2D eigenvalue weighted by atomic mass is 9.73. The number of methoxy groups -OCH3 is 1. The highest BCUT2D eigenvalue weighted by atomic mass is 19.1. The number of likely N-dealkylation sites (N-methyl/N-ethyl adjacent to an activating group) is 1. The average Bonchev–Trinajstić information content (AvgIpc) is 3.12. The number of benzene rings is 1. The van der Waals surface area contributed by atoms with Gasteiger partial charge in [-0.15, -0.1) is 6.42 Å². The van der Waals surface area contributed by atoms with Gasteiger partial charge >= 0.3 is 11.9 Å². The molecule has 0 unspecified atom stereocenters. The van der Waals surface area contributed by atoms with Crippen molar-refractivity contribution in [3.63, 3.8) is 0 Å². The van der Waals surface area contributed by atoms with Crippen LogP contribution >= 0.6 is 0 Å². The third-order valence-electron chi connectivity index (χ3n) is 11.6. The molecule has 2 saturated heterocycles. The lowest BCUT2D eigenvalue weighted by molar-refractivity contribution is -0.358. The molecule has 1 aromatic rings. The van der Waals surface area contributed by atoms with E-state index in [1.54, 1.807) is 41.7 Å². The van der Waals surface area contributed by atoms with Crippen LogP contribution in [0.3, 0.4) is 0 Å². The lowest BCUT2D eigenvalue weighted by Gasteiger charge is -2.52. The first kappa shape index (κ1) is 45.4. The number of halogens is 1. The van der Waals surface area contributed by atoms with Crippen molar-refractivity contribution in [3.05, 3.63) is 35.6 Å². The van der Waals surface area contributed by atoms with E-state index in [1.807, 2.05) is 11.8 Å². The predicted molar refractivity (Wildman–Crippen MR) is 198 cm³/mol. The average molecular weight is 764 g/mol. The first-order valence-corrected chi connectivity index (χ1v) is 18.9. The number of ether oxygens (including phenoxy) is 5. The maximum atomic E-state index is 14.1. The molecule has 0 spiro atoms. The van der Waals surface area contributed by atoms with E-state index in [9.17, 15) is 34.1 Å². The number of esters is 2. The topological polar surface area (TPSA) is 161 Å². The van der Waals surface area contributed by atoms with E-state index < -0.39 is 101 Å². The SMILES string of the molecule is C#CCN(C)[C@H]1C[C@@H](C)O[C@@](C)(O[C@@H]2[C@@H](C)[C@H](OC(=O)Cc3ccc(F)cc3)[C@@H](C)C(=O)O[C@H](CC)[C@@](C)(O)[C@H](O)[C@@H](C)C(=O)[C@H](C)C[C@@]2(C)OC)[C@@H]1O. The van der Waals surface area contributed by atoms with Crippen molar-refractivity contribution in [2.45, 2.75) is 148 Å². The molecule has 0 aliphatic carbocycles. The van der Waals surface area contributed by atoms with Gasteiger partial charge in [0.15, 0.2) is 5.79 Å². The summed E-state index contributed by atoms with van der Waals surface area (Å²) >= 11 is 0. The van der Waals surface area contributed by atoms with Crippen molar-refractivity contribution in [2.24, 2.45) is 23.7 Å². The normalized spacial score (nSPS) is 40.0. The molecule has 1 aromatic carbocycles. The van der Waals surface area contributed by atoms with Crippen LogP contribution in [-0.4, -0.2) is 118 Å². The van der Waals surface area contributed by atoms with E-state index in [0.29, 0.717) is 12.0 Å². The highest BCUT2D eigenvalue weighted by Gasteiger charge is 2.56. The molecule has 0 saturated carbocycles. The summed E-state index contributed by atoms with van der Waals surface area (Å²) in [4.78, 5) is 43.6. The number of carbonyl (C=O) groups excluding carboxylic acids is 3. The lowest BCUT2D eigenvalue weighted by Crippen LogP contribution is -2.65. The highest BCUT2D eigenvalue weighted by molar-refractivity contribution is 5.83. The number of carbonyl (C=O) groups is 3. The van der Waals surface area contributed by atoms with Gasteiger partial charge in [-0.1, -0.05) is 45.7 Å². The molecule has 304 valence electrons. The van der Waals surface area contributed by atoms with Gasteiger partial charge in [-0.3, -0.25) is 19.3 Å². The van der Waals surface area contributed by atoms with Crippen molar-refractivity contribution in [1.29, 1.82) is 0 Å². The number of cyclic esters (lactones) is 1. The quantitative estimate of drug-likeness (QED) is 0.247. The largest absolute Gasteiger partial charge is 0.461 e. The van der Waals surface area contributed by atoms with Gasteiger partial charge in [0.1, 0.15) is 35.5 Å². The van der Waals surface area contributed by atoms with E-state index in [2.05, 4.69) is 5.92 Å². The minimum atomic E-state index is -2.03. The molecule has 2 aliphatic heterocycles. The van der Waals surface area contributed by atoms with Crippen LogP contribution in [0.5, 0.6) is 0 Å². The minimum absolute atomic E-state index is 0.0188. The zero-order valence-corrected chi connectivity index (χ0v) is 33.7. The summed E-state index contributed by atoms with van der Waals surface area (Å²) in [5, 5.41) is 34.9. The van der Waals surface area contributed by atoms with Crippen LogP contribution < -0.4 is 0 Å². The number of aliphatic hydroxyl groups is 3. The number of nitrogens with zero attached hydrogens (tertiary/aromatic N) is 1. The summed E-state index contributed by atoms with van der Waals surface area (Å²) in [5.74, 6) is -5.43. The number of hydrogen-bond donors (Lipinski definition) is 3. The van der Waals surface area contributed by atoms with Crippen LogP contribution in [0.25, 0.3) is 0 Å². The summed E-state index contributed by atoms with van der Waals surface area (Å²) in [6.45, 7) is 14.9. The van der Waals surface area contributed by atoms with E-state index in [-0.39, 0.29) is 31.6 Å². The van der Waals surface area contributed by atoms with Crippen LogP contribution in [0, 0.1) is 41.8 Å². The van der Waals surface area contributed by atoms with Crippen molar-refractivity contribution in [2.75, 3.05) is 20.7 Å². The third-order valence-corrected chi connectivity index (χ3v) is 11.6. The van der Waals surface area contributed by atoms with E-state index >= 15 is 0 Å². The van der Waals surface area contributed by atoms with Crippen LogP contribution in [0.15, 0.2) is 24.3 Å². The van der Waals surface area contributed by atoms with E-state index in [4.69, 9.17) is 30.1 Å². The third kappa shape index (κ3) is 10.1. The Kier molecular flexibility index (Phi) is 15.4. The Labute approximate surface area is 320 Å². The van der Waals surface area contributed by atoms with Gasteiger partial charge in [-0.05, 0) is 78.6 Å². The molecule has 3 rings (SSSR count). The second kappa shape index (κ2) is 18.3. The molecule has 12 nitrogen and oxygen atoms in total. The Bertz CT molecular complexity index is 1480. The number of ketones is 1. The standard InChI is InChI=1S/C41H62FNO11/c1-13-19-43(11)30-20-24(4)53-41(10,36(30)47)54-37-26(6)34(52-32(44)21-28-15-17-29(42)18-16-28)27(7)38(48)51-31(14-2)40(9,49)35(46)25(5)33(45)23(3)22-39(37,8)50-12/h1,15-18,23-27,30-31,34-37,46-47,49H,14,19-22H2,2-12H3/t23-,24-,25+,26+,27-,30+,31-,34+,35-,36-,37-,39-,40-,41+/m1/s1. The maximum absolute atomic E-state index is 14.1. The predicted octanol–water partition coefficient (Wildman–Crippen LogP) is 3.84. The Morgan fingerprint density at radius 2 is 1.67 bits per heavy atom. The van der Waals surface area contributed by atoms with Gasteiger partial charge in [-0.2, -0.15) is 0 Å². The van der Waals surface area contributed by atoms with Crippen molar-refractivity contribution in [1.82, 2.24) is 4.90 Å². The number of Topliss-reactive ketones (excluding diaryl/α,β-unsaturated/α-hetero) is 1. The Balaban J connectivity index is 2.23. The molecule has 54 heavy (non-hydrogen) atoms. The van der Waals surface area contributed by atoms with Crippen molar-refractivity contribution < 1.29 is 57.8 Å². The Morgan fingerprint density at radius 1 is 1.06 bits per heavy atom. The van der Waals surface area contributed by atoms with Crippen LogP contribution in [-0.2, 0) is 44.5 Å². The molecule has 14 atom stereocenters. The summed E-state index contributed by atoms with van der Waals surface area (Å²) in [7, 11) is 3.24. The fourth-order valence-corrected chi connectivity index (χ4v) is 8.28. The molecule has 2 fully saturated rings. The Hall–Kier alpha value is -2.96.